The van der Waals surface area contributed by atoms with Crippen LogP contribution < -0.4 is 0 Å². The largest absolute Gasteiger partial charge is 0.478 e. The smallest absolute Gasteiger partial charge is 0.338 e. The van der Waals surface area contributed by atoms with Crippen molar-refractivity contribution in [3.63, 3.8) is 0 Å². The van der Waals surface area contributed by atoms with Crippen LogP contribution in [0.3, 0.4) is 0 Å². The van der Waals surface area contributed by atoms with Crippen molar-refractivity contribution < 1.29 is 19.4 Å². The van der Waals surface area contributed by atoms with E-state index in [0.29, 0.717) is 44.2 Å². The molecule has 1 N–H and O–H groups in total. The molecule has 0 unspecified atom stereocenters. The van der Waals surface area contributed by atoms with Gasteiger partial charge in [0, 0.05) is 37.5 Å². The van der Waals surface area contributed by atoms with Crippen LogP contribution in [0.25, 0.3) is 0 Å². The Morgan fingerprint density at radius 3 is 2.76 bits per heavy atom. The quantitative estimate of drug-likeness (QED) is 0.826. The van der Waals surface area contributed by atoms with Gasteiger partial charge >= 0.3 is 5.97 Å². The highest BCUT2D eigenvalue weighted by Crippen LogP contribution is 2.39. The third-order valence-electron chi connectivity index (χ3n) is 6.04. The Morgan fingerprint density at radius 1 is 1.28 bits per heavy atom. The number of halogens is 1. The number of aromatic carboxylic acids is 1. The second kappa shape index (κ2) is 8.16. The molecule has 2 fully saturated rings. The number of likely N-dealkylation sites (tertiary alicyclic amines) is 1. The maximum Gasteiger partial charge on any atom is 0.338 e. The summed E-state index contributed by atoms with van der Waals surface area (Å²) in [6, 6.07) is 7.54. The van der Waals surface area contributed by atoms with E-state index >= 15 is 0 Å². The number of hydrogen-bond donors (Lipinski definition) is 1. The van der Waals surface area contributed by atoms with Crippen molar-refractivity contribution in [1.29, 1.82) is 0 Å². The number of carboxylic acid groups (broad SMARTS) is 1. The third kappa shape index (κ3) is 3.89. The summed E-state index contributed by atoms with van der Waals surface area (Å²) in [6.45, 7) is 2.28. The molecule has 2 saturated heterocycles. The topological polar surface area (TPSA) is 84.7 Å². The van der Waals surface area contributed by atoms with Gasteiger partial charge in [0.05, 0.1) is 23.2 Å². The van der Waals surface area contributed by atoms with Crippen molar-refractivity contribution in [2.24, 2.45) is 0 Å². The zero-order valence-corrected chi connectivity index (χ0v) is 16.8. The van der Waals surface area contributed by atoms with E-state index in [2.05, 4.69) is 5.10 Å². The average Bonchev–Trinajstić information content (AvgIpc) is 3.25. The number of benzene rings is 1. The molecule has 0 spiro atoms. The van der Waals surface area contributed by atoms with E-state index in [1.54, 1.807) is 10.9 Å². The maximum atomic E-state index is 13.8. The molecule has 1 amide bonds. The Morgan fingerprint density at radius 2 is 2.07 bits per heavy atom. The van der Waals surface area contributed by atoms with Crippen LogP contribution in [-0.4, -0.2) is 58.0 Å². The number of carbonyl (C=O) groups excluding carboxylic acids is 1. The number of amides is 1. The molecule has 7 nitrogen and oxygen atoms in total. The van der Waals surface area contributed by atoms with E-state index in [1.807, 2.05) is 29.2 Å². The molecule has 29 heavy (non-hydrogen) atoms. The minimum absolute atomic E-state index is 0.0305. The number of nitrogens with zero attached hydrogens (tertiary/aromatic N) is 3. The van der Waals surface area contributed by atoms with Gasteiger partial charge in [0.25, 0.3) is 0 Å². The molecule has 154 valence electrons. The lowest BCUT2D eigenvalue weighted by Gasteiger charge is -2.42. The number of rotatable bonds is 4. The fraction of sp³-hybridized carbons (Fsp3) is 0.476. The predicted molar refractivity (Wildman–Crippen MR) is 107 cm³/mol. The van der Waals surface area contributed by atoms with Gasteiger partial charge in [-0.3, -0.25) is 9.48 Å². The third-order valence-corrected chi connectivity index (χ3v) is 6.27. The molecule has 2 aromatic rings. The molecule has 2 aliphatic heterocycles. The molecule has 1 atom stereocenters. The second-order valence-electron chi connectivity index (χ2n) is 7.77. The van der Waals surface area contributed by atoms with E-state index in [-0.39, 0.29) is 17.5 Å². The normalized spacial score (nSPS) is 21.7. The summed E-state index contributed by atoms with van der Waals surface area (Å²) in [4.78, 5) is 26.8. The molecule has 0 aliphatic carbocycles. The van der Waals surface area contributed by atoms with Crippen molar-refractivity contribution in [2.45, 2.75) is 37.1 Å². The fourth-order valence-corrected chi connectivity index (χ4v) is 4.63. The first kappa shape index (κ1) is 19.9. The average molecular weight is 418 g/mol. The van der Waals surface area contributed by atoms with Gasteiger partial charge in [0.15, 0.2) is 0 Å². The molecule has 0 bridgehead atoms. The summed E-state index contributed by atoms with van der Waals surface area (Å²) in [5, 5.41) is 14.0. The molecule has 3 heterocycles. The van der Waals surface area contributed by atoms with Crippen molar-refractivity contribution in [3.05, 3.63) is 52.8 Å². The van der Waals surface area contributed by atoms with Gasteiger partial charge in [-0.2, -0.15) is 5.10 Å². The standard InChI is InChI=1S/C21H24ClN3O4/c22-17-4-1-3-16(11-17)21(6-9-29-10-7-21)20(28)24-8-2-5-18(14-24)25-13-15(12-23-25)19(26)27/h1,3-4,11-13,18H,2,5-10,14H2,(H,26,27)/t18-/m1/s1. The minimum Gasteiger partial charge on any atom is -0.478 e. The molecular formula is C21H24ClN3O4. The van der Waals surface area contributed by atoms with Gasteiger partial charge in [-0.1, -0.05) is 23.7 Å². The Hall–Kier alpha value is -2.38. The van der Waals surface area contributed by atoms with Crippen LogP contribution in [0.1, 0.15) is 47.6 Å². The van der Waals surface area contributed by atoms with Crippen LogP contribution in [0.2, 0.25) is 5.02 Å². The van der Waals surface area contributed by atoms with Crippen LogP contribution in [0.15, 0.2) is 36.7 Å². The molecule has 0 saturated carbocycles. The van der Waals surface area contributed by atoms with E-state index in [1.165, 1.54) is 6.20 Å². The lowest BCUT2D eigenvalue weighted by atomic mass is 9.72. The van der Waals surface area contributed by atoms with Crippen LogP contribution in [0, 0.1) is 0 Å². The molecule has 1 aromatic carbocycles. The van der Waals surface area contributed by atoms with E-state index in [4.69, 9.17) is 21.4 Å². The van der Waals surface area contributed by atoms with E-state index in [9.17, 15) is 9.59 Å². The Bertz CT molecular complexity index is 907. The number of piperidine rings is 1. The SMILES string of the molecule is O=C(O)c1cnn([C@@H]2CCCN(C(=O)C3(c4cccc(Cl)c4)CCOCC3)C2)c1. The fourth-order valence-electron chi connectivity index (χ4n) is 4.44. The predicted octanol–water partition coefficient (Wildman–Crippen LogP) is 3.15. The van der Waals surface area contributed by atoms with Crippen molar-refractivity contribution >= 4 is 23.5 Å². The highest BCUT2D eigenvalue weighted by Gasteiger charge is 2.45. The lowest BCUT2D eigenvalue weighted by Crippen LogP contribution is -2.52. The van der Waals surface area contributed by atoms with Crippen LogP contribution in [0.4, 0.5) is 0 Å². The Balaban J connectivity index is 1.59. The van der Waals surface area contributed by atoms with Crippen molar-refractivity contribution in [2.75, 3.05) is 26.3 Å². The Kier molecular flexibility index (Phi) is 5.61. The van der Waals surface area contributed by atoms with Crippen LogP contribution in [0.5, 0.6) is 0 Å². The van der Waals surface area contributed by atoms with Crippen LogP contribution in [-0.2, 0) is 14.9 Å². The molecule has 0 radical (unpaired) electrons. The van der Waals surface area contributed by atoms with Gasteiger partial charge < -0.3 is 14.7 Å². The highest BCUT2D eigenvalue weighted by atomic mass is 35.5. The summed E-state index contributed by atoms with van der Waals surface area (Å²) in [5.41, 5.74) is 0.461. The summed E-state index contributed by atoms with van der Waals surface area (Å²) < 4.78 is 7.24. The first-order chi connectivity index (χ1) is 14.0. The number of aromatic nitrogens is 2. The Labute approximate surface area is 174 Å². The van der Waals surface area contributed by atoms with Gasteiger partial charge in [-0.05, 0) is 43.4 Å². The number of carbonyl (C=O) groups is 2. The number of carboxylic acids is 1. The zero-order chi connectivity index (χ0) is 20.4. The summed E-state index contributed by atoms with van der Waals surface area (Å²) in [7, 11) is 0. The van der Waals surface area contributed by atoms with Crippen molar-refractivity contribution in [3.8, 4) is 0 Å². The number of hydrogen-bond acceptors (Lipinski definition) is 4. The second-order valence-corrected chi connectivity index (χ2v) is 8.20. The van der Waals surface area contributed by atoms with Gasteiger partial charge in [0.1, 0.15) is 0 Å². The summed E-state index contributed by atoms with van der Waals surface area (Å²) in [6.07, 6.45) is 5.85. The minimum atomic E-state index is -0.998. The zero-order valence-electron chi connectivity index (χ0n) is 16.1. The summed E-state index contributed by atoms with van der Waals surface area (Å²) >= 11 is 6.23. The van der Waals surface area contributed by atoms with Crippen LogP contribution >= 0.6 is 11.6 Å². The highest BCUT2D eigenvalue weighted by molar-refractivity contribution is 6.30. The molecule has 4 rings (SSSR count). The molecule has 8 heteroatoms. The maximum absolute atomic E-state index is 13.8. The molecule has 1 aromatic heterocycles. The molecule has 2 aliphatic rings. The van der Waals surface area contributed by atoms with E-state index in [0.717, 1.165) is 18.4 Å². The van der Waals surface area contributed by atoms with Gasteiger partial charge in [-0.15, -0.1) is 0 Å². The summed E-state index contributed by atoms with van der Waals surface area (Å²) in [5.74, 6) is -0.902. The van der Waals surface area contributed by atoms with Gasteiger partial charge in [-0.25, -0.2) is 4.79 Å². The van der Waals surface area contributed by atoms with Crippen molar-refractivity contribution in [1.82, 2.24) is 14.7 Å². The first-order valence-corrected chi connectivity index (χ1v) is 10.3. The first-order valence-electron chi connectivity index (χ1n) is 9.90. The number of ether oxygens (including phenoxy) is 1. The lowest BCUT2D eigenvalue weighted by molar-refractivity contribution is -0.143. The molecular weight excluding hydrogens is 394 g/mol. The monoisotopic (exact) mass is 417 g/mol. The van der Waals surface area contributed by atoms with E-state index < -0.39 is 11.4 Å². The van der Waals surface area contributed by atoms with Gasteiger partial charge in [0.2, 0.25) is 5.91 Å².